The van der Waals surface area contributed by atoms with Gasteiger partial charge in [0.2, 0.25) is 5.91 Å². The van der Waals surface area contributed by atoms with Gasteiger partial charge in [-0.2, -0.15) is 0 Å². The van der Waals surface area contributed by atoms with Crippen molar-refractivity contribution in [1.29, 1.82) is 0 Å². The molecule has 0 saturated heterocycles. The molecule has 0 aromatic heterocycles. The zero-order chi connectivity index (χ0) is 13.2. The monoisotopic (exact) mass is 306 g/mol. The van der Waals surface area contributed by atoms with Crippen molar-refractivity contribution in [1.82, 2.24) is 0 Å². The number of nitrogens with one attached hydrogen (secondary N) is 1. The first kappa shape index (κ1) is 14.1. The van der Waals surface area contributed by atoms with E-state index < -0.39 is 23.1 Å². The van der Waals surface area contributed by atoms with Gasteiger partial charge in [-0.25, -0.2) is 8.78 Å². The van der Waals surface area contributed by atoms with Gasteiger partial charge >= 0.3 is 0 Å². The number of anilines is 1. The maximum atomic E-state index is 13.4. The lowest BCUT2D eigenvalue weighted by Crippen LogP contribution is -2.47. The Hall–Kier alpha value is -1.01. The van der Waals surface area contributed by atoms with Crippen LogP contribution in [0.4, 0.5) is 14.5 Å². The normalized spacial score (nSPS) is 14.2. The SMILES string of the molecule is CCC(C)(N)C(=O)Nc1cc(F)c(Br)cc1F. The largest absolute Gasteiger partial charge is 0.322 e. The second kappa shape index (κ2) is 5.10. The summed E-state index contributed by atoms with van der Waals surface area (Å²) in [5, 5.41) is 2.27. The summed E-state index contributed by atoms with van der Waals surface area (Å²) in [5.41, 5.74) is 4.35. The van der Waals surface area contributed by atoms with Gasteiger partial charge in [0.25, 0.3) is 0 Å². The van der Waals surface area contributed by atoms with Crippen molar-refractivity contribution in [2.45, 2.75) is 25.8 Å². The van der Waals surface area contributed by atoms with E-state index in [-0.39, 0.29) is 10.2 Å². The van der Waals surface area contributed by atoms with Gasteiger partial charge in [0, 0.05) is 6.07 Å². The van der Waals surface area contributed by atoms with Crippen LogP contribution >= 0.6 is 15.9 Å². The fourth-order valence-corrected chi connectivity index (χ4v) is 1.36. The average molecular weight is 307 g/mol. The smallest absolute Gasteiger partial charge is 0.244 e. The van der Waals surface area contributed by atoms with Crippen LogP contribution in [0.1, 0.15) is 20.3 Å². The summed E-state index contributed by atoms with van der Waals surface area (Å²) < 4.78 is 26.6. The molecule has 0 heterocycles. The molecule has 1 aromatic rings. The number of rotatable bonds is 3. The third kappa shape index (κ3) is 3.23. The predicted octanol–water partition coefficient (Wildman–Crippen LogP) is 2.79. The number of halogens is 3. The first-order valence-corrected chi connectivity index (χ1v) is 5.82. The Balaban J connectivity index is 2.97. The highest BCUT2D eigenvalue weighted by molar-refractivity contribution is 9.10. The molecule has 1 aromatic carbocycles. The molecule has 3 nitrogen and oxygen atoms in total. The summed E-state index contributed by atoms with van der Waals surface area (Å²) in [6, 6.07) is 1.85. The second-order valence-corrected chi connectivity index (χ2v) is 4.83. The molecule has 1 rings (SSSR count). The molecular formula is C11H13BrF2N2O. The van der Waals surface area contributed by atoms with Crippen molar-refractivity contribution in [3.8, 4) is 0 Å². The van der Waals surface area contributed by atoms with Crippen molar-refractivity contribution in [3.63, 3.8) is 0 Å². The molecule has 0 bridgehead atoms. The van der Waals surface area contributed by atoms with E-state index >= 15 is 0 Å². The van der Waals surface area contributed by atoms with Crippen LogP contribution in [-0.4, -0.2) is 11.4 Å². The van der Waals surface area contributed by atoms with Gasteiger partial charge in [0.1, 0.15) is 11.6 Å². The van der Waals surface area contributed by atoms with Crippen molar-refractivity contribution < 1.29 is 13.6 Å². The van der Waals surface area contributed by atoms with Crippen LogP contribution in [0.2, 0.25) is 0 Å². The molecule has 0 aliphatic carbocycles. The number of amides is 1. The Bertz CT molecular complexity index is 449. The van der Waals surface area contributed by atoms with Crippen molar-refractivity contribution in [2.75, 3.05) is 5.32 Å². The number of benzene rings is 1. The predicted molar refractivity (Wildman–Crippen MR) is 65.6 cm³/mol. The number of hydrogen-bond donors (Lipinski definition) is 2. The molecule has 0 aliphatic rings. The summed E-state index contributed by atoms with van der Waals surface area (Å²) in [4.78, 5) is 11.7. The van der Waals surface area contributed by atoms with Crippen LogP contribution < -0.4 is 11.1 Å². The number of carbonyl (C=O) groups is 1. The summed E-state index contributed by atoms with van der Waals surface area (Å²) in [6.45, 7) is 3.26. The lowest BCUT2D eigenvalue weighted by Gasteiger charge is -2.21. The van der Waals surface area contributed by atoms with E-state index in [1.807, 2.05) is 0 Å². The first-order chi connectivity index (χ1) is 7.77. The van der Waals surface area contributed by atoms with Gasteiger partial charge in [0.05, 0.1) is 15.7 Å². The van der Waals surface area contributed by atoms with Crippen LogP contribution in [-0.2, 0) is 4.79 Å². The van der Waals surface area contributed by atoms with Gasteiger partial charge in [0.15, 0.2) is 0 Å². The molecular weight excluding hydrogens is 294 g/mol. The average Bonchev–Trinajstić information content (AvgIpc) is 2.25. The molecule has 17 heavy (non-hydrogen) atoms. The fourth-order valence-electron chi connectivity index (χ4n) is 1.04. The van der Waals surface area contributed by atoms with Gasteiger partial charge in [-0.15, -0.1) is 0 Å². The van der Waals surface area contributed by atoms with Crippen molar-refractivity contribution in [3.05, 3.63) is 28.2 Å². The molecule has 94 valence electrons. The molecule has 0 spiro atoms. The molecule has 1 atom stereocenters. The van der Waals surface area contributed by atoms with Crippen LogP contribution in [0.15, 0.2) is 16.6 Å². The Morgan fingerprint density at radius 3 is 2.59 bits per heavy atom. The lowest BCUT2D eigenvalue weighted by atomic mass is 9.99. The Morgan fingerprint density at radius 1 is 1.47 bits per heavy atom. The second-order valence-electron chi connectivity index (χ2n) is 3.97. The maximum absolute atomic E-state index is 13.4. The van der Waals surface area contributed by atoms with Gasteiger partial charge in [-0.3, -0.25) is 4.79 Å². The summed E-state index contributed by atoms with van der Waals surface area (Å²) in [5.74, 6) is -1.93. The fraction of sp³-hybridized carbons (Fsp3) is 0.364. The van der Waals surface area contributed by atoms with E-state index in [1.54, 1.807) is 6.92 Å². The zero-order valence-corrected chi connectivity index (χ0v) is 11.1. The molecule has 3 N–H and O–H groups in total. The van der Waals surface area contributed by atoms with Crippen LogP contribution in [0, 0.1) is 11.6 Å². The molecule has 1 amide bonds. The zero-order valence-electron chi connectivity index (χ0n) is 9.48. The highest BCUT2D eigenvalue weighted by atomic mass is 79.9. The summed E-state index contributed by atoms with van der Waals surface area (Å²) >= 11 is 2.85. The number of nitrogens with two attached hydrogens (primary N) is 1. The molecule has 0 saturated carbocycles. The van der Waals surface area contributed by atoms with E-state index in [0.717, 1.165) is 12.1 Å². The van der Waals surface area contributed by atoms with Crippen LogP contribution in [0.25, 0.3) is 0 Å². The van der Waals surface area contributed by atoms with Gasteiger partial charge in [-0.1, -0.05) is 6.92 Å². The van der Waals surface area contributed by atoms with Gasteiger partial charge in [-0.05, 0) is 35.3 Å². The van der Waals surface area contributed by atoms with Crippen LogP contribution in [0.5, 0.6) is 0 Å². The van der Waals surface area contributed by atoms with Crippen molar-refractivity contribution >= 4 is 27.5 Å². The highest BCUT2D eigenvalue weighted by Gasteiger charge is 2.26. The van der Waals surface area contributed by atoms with E-state index in [4.69, 9.17) is 5.73 Å². The third-order valence-corrected chi connectivity index (χ3v) is 3.12. The minimum absolute atomic E-state index is 0.000925. The topological polar surface area (TPSA) is 55.1 Å². The Kier molecular flexibility index (Phi) is 4.21. The number of carbonyl (C=O) groups excluding carboxylic acids is 1. The van der Waals surface area contributed by atoms with E-state index in [1.165, 1.54) is 6.92 Å². The van der Waals surface area contributed by atoms with E-state index in [0.29, 0.717) is 6.42 Å². The van der Waals surface area contributed by atoms with Gasteiger partial charge < -0.3 is 11.1 Å². The van der Waals surface area contributed by atoms with Crippen LogP contribution in [0.3, 0.4) is 0 Å². The molecule has 0 radical (unpaired) electrons. The maximum Gasteiger partial charge on any atom is 0.244 e. The third-order valence-electron chi connectivity index (χ3n) is 2.51. The number of hydrogen-bond acceptors (Lipinski definition) is 2. The quantitative estimate of drug-likeness (QED) is 0.844. The van der Waals surface area contributed by atoms with Crippen molar-refractivity contribution in [2.24, 2.45) is 5.73 Å². The lowest BCUT2D eigenvalue weighted by molar-refractivity contribution is -0.120. The minimum atomic E-state index is -1.12. The standard InChI is InChI=1S/C11H13BrF2N2O/c1-3-11(2,15)10(17)16-9-5-7(13)6(12)4-8(9)14/h4-5H,3,15H2,1-2H3,(H,16,17). The van der Waals surface area contributed by atoms with E-state index in [2.05, 4.69) is 21.2 Å². The highest BCUT2D eigenvalue weighted by Crippen LogP contribution is 2.24. The Morgan fingerprint density at radius 2 is 2.06 bits per heavy atom. The summed E-state index contributed by atoms with van der Waals surface area (Å²) in [6.07, 6.45) is 0.388. The molecule has 6 heteroatoms. The molecule has 1 unspecified atom stereocenters. The van der Waals surface area contributed by atoms with E-state index in [9.17, 15) is 13.6 Å². The minimum Gasteiger partial charge on any atom is -0.322 e. The molecule has 0 fully saturated rings. The Labute approximate surface area is 107 Å². The molecule has 0 aliphatic heterocycles. The first-order valence-electron chi connectivity index (χ1n) is 5.03. The summed E-state index contributed by atoms with van der Waals surface area (Å²) in [7, 11) is 0.